The van der Waals surface area contributed by atoms with Gasteiger partial charge in [0.05, 0.1) is 10.0 Å². The van der Waals surface area contributed by atoms with Gasteiger partial charge in [-0.05, 0) is 11.6 Å². The van der Waals surface area contributed by atoms with Gasteiger partial charge in [0, 0.05) is 39.8 Å². The predicted octanol–water partition coefficient (Wildman–Crippen LogP) is 1.58. The molecule has 0 aromatic heterocycles. The minimum atomic E-state index is -3.46. The SMILES string of the molecule is CN(Cc1cccc(Cl)c1Cl)S(=O)(=O)N1CCNCC1. The Balaban J connectivity index is 2.14. The third-order valence-electron chi connectivity index (χ3n) is 3.22. The Labute approximate surface area is 129 Å². The van der Waals surface area contributed by atoms with Crippen LogP contribution in [0.4, 0.5) is 0 Å². The van der Waals surface area contributed by atoms with Crippen molar-refractivity contribution in [3.63, 3.8) is 0 Å². The van der Waals surface area contributed by atoms with E-state index in [1.54, 1.807) is 25.2 Å². The summed E-state index contributed by atoms with van der Waals surface area (Å²) in [5.41, 5.74) is 0.695. The first-order valence-electron chi connectivity index (χ1n) is 6.28. The maximum atomic E-state index is 12.4. The van der Waals surface area contributed by atoms with Gasteiger partial charge in [-0.3, -0.25) is 0 Å². The van der Waals surface area contributed by atoms with Crippen LogP contribution in [0.5, 0.6) is 0 Å². The van der Waals surface area contributed by atoms with Gasteiger partial charge in [-0.1, -0.05) is 35.3 Å². The zero-order valence-electron chi connectivity index (χ0n) is 11.1. The van der Waals surface area contributed by atoms with Crippen LogP contribution in [0.15, 0.2) is 18.2 Å². The fraction of sp³-hybridized carbons (Fsp3) is 0.500. The minimum Gasteiger partial charge on any atom is -0.314 e. The molecule has 0 aliphatic carbocycles. The smallest absolute Gasteiger partial charge is 0.282 e. The van der Waals surface area contributed by atoms with Crippen LogP contribution in [-0.4, -0.2) is 50.3 Å². The maximum absolute atomic E-state index is 12.4. The summed E-state index contributed by atoms with van der Waals surface area (Å²) >= 11 is 12.0. The highest BCUT2D eigenvalue weighted by atomic mass is 35.5. The van der Waals surface area contributed by atoms with Crippen LogP contribution in [0.1, 0.15) is 5.56 Å². The van der Waals surface area contributed by atoms with Gasteiger partial charge in [-0.2, -0.15) is 17.0 Å². The molecular weight excluding hydrogens is 321 g/mol. The van der Waals surface area contributed by atoms with Gasteiger partial charge >= 0.3 is 0 Å². The molecule has 1 heterocycles. The van der Waals surface area contributed by atoms with Crippen molar-refractivity contribution in [1.82, 2.24) is 13.9 Å². The third kappa shape index (κ3) is 3.44. The molecule has 1 aliphatic heterocycles. The van der Waals surface area contributed by atoms with Crippen molar-refractivity contribution in [3.05, 3.63) is 33.8 Å². The van der Waals surface area contributed by atoms with E-state index in [9.17, 15) is 8.42 Å². The molecule has 0 atom stereocenters. The summed E-state index contributed by atoms with van der Waals surface area (Å²) in [7, 11) is -1.91. The van der Waals surface area contributed by atoms with Crippen LogP contribution >= 0.6 is 23.2 Å². The van der Waals surface area contributed by atoms with E-state index < -0.39 is 10.2 Å². The average molecular weight is 338 g/mol. The molecule has 0 bridgehead atoms. The van der Waals surface area contributed by atoms with Gasteiger partial charge in [0.1, 0.15) is 0 Å². The van der Waals surface area contributed by atoms with Crippen molar-refractivity contribution in [2.75, 3.05) is 33.2 Å². The van der Waals surface area contributed by atoms with Gasteiger partial charge in [0.25, 0.3) is 10.2 Å². The molecule has 112 valence electrons. The van der Waals surface area contributed by atoms with Gasteiger partial charge in [-0.25, -0.2) is 0 Å². The second kappa shape index (κ2) is 6.60. The van der Waals surface area contributed by atoms with Gasteiger partial charge in [0.2, 0.25) is 0 Å². The number of nitrogens with one attached hydrogen (secondary N) is 1. The number of hydrogen-bond donors (Lipinski definition) is 1. The van der Waals surface area contributed by atoms with E-state index in [4.69, 9.17) is 23.2 Å². The number of benzene rings is 1. The summed E-state index contributed by atoms with van der Waals surface area (Å²) in [6.07, 6.45) is 0. The van der Waals surface area contributed by atoms with Gasteiger partial charge in [0.15, 0.2) is 0 Å². The first-order valence-corrected chi connectivity index (χ1v) is 8.43. The number of hydrogen-bond acceptors (Lipinski definition) is 3. The summed E-state index contributed by atoms with van der Waals surface area (Å²) in [5, 5.41) is 3.96. The van der Waals surface area contributed by atoms with Crippen LogP contribution in [-0.2, 0) is 16.8 Å². The molecule has 0 radical (unpaired) electrons. The Morgan fingerprint density at radius 2 is 1.95 bits per heavy atom. The molecule has 8 heteroatoms. The minimum absolute atomic E-state index is 0.200. The van der Waals surface area contributed by atoms with Crippen LogP contribution in [0.25, 0.3) is 0 Å². The molecule has 1 aliphatic rings. The lowest BCUT2D eigenvalue weighted by atomic mass is 10.2. The van der Waals surface area contributed by atoms with Crippen molar-refractivity contribution in [2.45, 2.75) is 6.54 Å². The van der Waals surface area contributed by atoms with Crippen molar-refractivity contribution in [1.29, 1.82) is 0 Å². The highest BCUT2D eigenvalue weighted by Gasteiger charge is 2.28. The fourth-order valence-corrected chi connectivity index (χ4v) is 3.78. The quantitative estimate of drug-likeness (QED) is 0.907. The Kier molecular flexibility index (Phi) is 5.28. The van der Waals surface area contributed by atoms with Crippen LogP contribution in [0.3, 0.4) is 0 Å². The van der Waals surface area contributed by atoms with Gasteiger partial charge in [-0.15, -0.1) is 0 Å². The van der Waals surface area contributed by atoms with E-state index in [1.165, 1.54) is 8.61 Å². The molecule has 1 aromatic rings. The first kappa shape index (κ1) is 16.0. The van der Waals surface area contributed by atoms with Crippen molar-refractivity contribution in [2.24, 2.45) is 0 Å². The summed E-state index contributed by atoms with van der Waals surface area (Å²) in [4.78, 5) is 0. The topological polar surface area (TPSA) is 52.7 Å². The normalized spacial score (nSPS) is 17.6. The lowest BCUT2D eigenvalue weighted by Gasteiger charge is -2.30. The maximum Gasteiger partial charge on any atom is 0.282 e. The van der Waals surface area contributed by atoms with E-state index in [1.807, 2.05) is 0 Å². The summed E-state index contributed by atoms with van der Waals surface area (Å²) in [6, 6.07) is 5.21. The standard InChI is InChI=1S/C12H17Cl2N3O2S/c1-16(9-10-3-2-4-11(13)12(10)14)20(18,19)17-7-5-15-6-8-17/h2-4,15H,5-9H2,1H3. The highest BCUT2D eigenvalue weighted by molar-refractivity contribution is 7.86. The zero-order valence-corrected chi connectivity index (χ0v) is 13.5. The molecule has 1 fully saturated rings. The molecule has 0 saturated carbocycles. The lowest BCUT2D eigenvalue weighted by Crippen LogP contribution is -2.50. The zero-order chi connectivity index (χ0) is 14.8. The summed E-state index contributed by atoms with van der Waals surface area (Å²) in [5.74, 6) is 0. The number of nitrogens with zero attached hydrogens (tertiary/aromatic N) is 2. The Bertz CT molecular complexity index is 574. The second-order valence-electron chi connectivity index (χ2n) is 4.63. The third-order valence-corrected chi connectivity index (χ3v) is 6.01. The predicted molar refractivity (Wildman–Crippen MR) is 81.3 cm³/mol. The molecular formula is C12H17Cl2N3O2S. The molecule has 20 heavy (non-hydrogen) atoms. The molecule has 2 rings (SSSR count). The lowest BCUT2D eigenvalue weighted by molar-refractivity contribution is 0.324. The molecule has 0 unspecified atom stereocenters. The summed E-state index contributed by atoms with van der Waals surface area (Å²) < 4.78 is 27.6. The number of halogens is 2. The molecule has 0 amide bonds. The Hall–Kier alpha value is -0.370. The van der Waals surface area contributed by atoms with Crippen molar-refractivity contribution in [3.8, 4) is 0 Å². The van der Waals surface area contributed by atoms with Crippen LogP contribution in [0, 0.1) is 0 Å². The monoisotopic (exact) mass is 337 g/mol. The van der Waals surface area contributed by atoms with Crippen molar-refractivity contribution >= 4 is 33.4 Å². The van der Waals surface area contributed by atoms with E-state index >= 15 is 0 Å². The van der Waals surface area contributed by atoms with Crippen LogP contribution in [0.2, 0.25) is 10.0 Å². The van der Waals surface area contributed by atoms with E-state index in [2.05, 4.69) is 5.32 Å². The molecule has 0 spiro atoms. The largest absolute Gasteiger partial charge is 0.314 e. The molecule has 1 aromatic carbocycles. The highest BCUT2D eigenvalue weighted by Crippen LogP contribution is 2.27. The molecule has 1 N–H and O–H groups in total. The van der Waals surface area contributed by atoms with Gasteiger partial charge < -0.3 is 5.32 Å². The molecule has 5 nitrogen and oxygen atoms in total. The fourth-order valence-electron chi connectivity index (χ4n) is 2.06. The second-order valence-corrected chi connectivity index (χ2v) is 7.45. The van der Waals surface area contributed by atoms with E-state index in [0.717, 1.165) is 0 Å². The van der Waals surface area contributed by atoms with Crippen LogP contribution < -0.4 is 5.32 Å². The van der Waals surface area contributed by atoms with E-state index in [-0.39, 0.29) is 6.54 Å². The summed E-state index contributed by atoms with van der Waals surface area (Å²) in [6.45, 7) is 2.51. The Morgan fingerprint density at radius 3 is 2.60 bits per heavy atom. The first-order chi connectivity index (χ1) is 9.43. The average Bonchev–Trinajstić information content (AvgIpc) is 2.44. The van der Waals surface area contributed by atoms with Crippen molar-refractivity contribution < 1.29 is 8.42 Å². The molecule has 1 saturated heterocycles. The number of piperazine rings is 1. The van der Waals surface area contributed by atoms with E-state index in [0.29, 0.717) is 41.8 Å². The number of rotatable bonds is 4. The Morgan fingerprint density at radius 1 is 1.30 bits per heavy atom.